The molecule has 0 aliphatic carbocycles. The Hall–Kier alpha value is -3.77. The maximum atomic E-state index is 13.0. The molecule has 0 spiro atoms. The second-order valence-electron chi connectivity index (χ2n) is 9.66. The van der Waals surface area contributed by atoms with Crippen molar-refractivity contribution in [2.75, 3.05) is 25.1 Å². The Morgan fingerprint density at radius 1 is 1.13 bits per heavy atom. The summed E-state index contributed by atoms with van der Waals surface area (Å²) in [6.45, 7) is 3.30. The van der Waals surface area contributed by atoms with Gasteiger partial charge in [-0.2, -0.15) is 8.42 Å². The number of fused-ring (bicyclic) bond motifs is 1. The molecule has 2 saturated heterocycles. The summed E-state index contributed by atoms with van der Waals surface area (Å²) in [7, 11) is -2.65. The molecule has 2 aliphatic heterocycles. The van der Waals surface area contributed by atoms with Gasteiger partial charge in [0.1, 0.15) is 11.6 Å². The molecule has 2 aliphatic rings. The first-order chi connectivity index (χ1) is 18.2. The molecule has 3 heterocycles. The van der Waals surface area contributed by atoms with E-state index in [0.29, 0.717) is 29.7 Å². The SMILES string of the molecule is COS(=O)(=O)c1ccc(C)cc1C1CCN(c2ccc(C(=O)NC3CCC(=O)NC3=O)c3nc[nH]c23)CC1. The number of amides is 3. The molecule has 3 N–H and O–H groups in total. The largest absolute Gasteiger partial charge is 0.370 e. The lowest BCUT2D eigenvalue weighted by molar-refractivity contribution is -0.134. The molecule has 12 heteroatoms. The van der Waals surface area contributed by atoms with Gasteiger partial charge < -0.3 is 15.2 Å². The van der Waals surface area contributed by atoms with Crippen LogP contribution in [0.5, 0.6) is 0 Å². The number of aryl methyl sites for hydroxylation is 1. The average Bonchev–Trinajstić information content (AvgIpc) is 3.40. The molecule has 5 rings (SSSR count). The van der Waals surface area contributed by atoms with Crippen LogP contribution in [0.2, 0.25) is 0 Å². The third kappa shape index (κ3) is 4.88. The standard InChI is InChI=1S/C26H29N5O6S/c1-15-3-7-21(38(35,36)37-2)18(13-15)16-9-11-31(12-10-16)20-6-4-17(23-24(20)28-14-27-23)25(33)29-19-5-8-22(32)30-26(19)34/h3-4,6-7,13-14,16,19H,5,8-12H2,1-2H3,(H,27,28)(H,29,33)(H,30,32,34). The van der Waals surface area contributed by atoms with Gasteiger partial charge in [0.05, 0.1) is 35.1 Å². The van der Waals surface area contributed by atoms with Gasteiger partial charge in [-0.15, -0.1) is 0 Å². The number of piperidine rings is 2. The summed E-state index contributed by atoms with van der Waals surface area (Å²) in [4.78, 5) is 46.4. The minimum absolute atomic E-state index is 0.0573. The van der Waals surface area contributed by atoms with Gasteiger partial charge in [0.2, 0.25) is 11.8 Å². The minimum Gasteiger partial charge on any atom is -0.370 e. The lowest BCUT2D eigenvalue weighted by Crippen LogP contribution is -2.52. The zero-order valence-corrected chi connectivity index (χ0v) is 21.9. The van der Waals surface area contributed by atoms with E-state index in [-0.39, 0.29) is 29.6 Å². The number of aromatic nitrogens is 2. The molecule has 1 atom stereocenters. The van der Waals surface area contributed by atoms with Gasteiger partial charge in [-0.05, 0) is 55.9 Å². The molecule has 3 aromatic rings. The highest BCUT2D eigenvalue weighted by Gasteiger charge is 2.31. The Labute approximate surface area is 220 Å². The third-order valence-corrected chi connectivity index (χ3v) is 8.63. The van der Waals surface area contributed by atoms with Crippen LogP contribution in [-0.4, -0.2) is 62.3 Å². The van der Waals surface area contributed by atoms with Gasteiger partial charge in [-0.3, -0.25) is 23.9 Å². The van der Waals surface area contributed by atoms with E-state index in [2.05, 4.69) is 25.5 Å². The van der Waals surface area contributed by atoms with E-state index in [1.54, 1.807) is 18.2 Å². The number of aromatic amines is 1. The second-order valence-corrected chi connectivity index (χ2v) is 11.3. The summed E-state index contributed by atoms with van der Waals surface area (Å²) in [5.41, 5.74) is 4.18. The molecule has 38 heavy (non-hydrogen) atoms. The first kappa shape index (κ1) is 25.9. The normalized spacial score (nSPS) is 19.0. The molecular weight excluding hydrogens is 510 g/mol. The van der Waals surface area contributed by atoms with Crippen LogP contribution in [0.15, 0.2) is 41.6 Å². The van der Waals surface area contributed by atoms with Crippen LogP contribution in [0.4, 0.5) is 5.69 Å². The number of imidazole rings is 1. The average molecular weight is 540 g/mol. The number of rotatable bonds is 6. The number of carbonyl (C=O) groups is 3. The van der Waals surface area contributed by atoms with Crippen molar-refractivity contribution < 1.29 is 27.0 Å². The van der Waals surface area contributed by atoms with Gasteiger partial charge in [0.25, 0.3) is 16.0 Å². The van der Waals surface area contributed by atoms with Crippen molar-refractivity contribution in [2.45, 2.75) is 49.5 Å². The van der Waals surface area contributed by atoms with Crippen molar-refractivity contribution in [1.29, 1.82) is 0 Å². The first-order valence-electron chi connectivity index (χ1n) is 12.4. The molecule has 2 fully saturated rings. The Bertz CT molecular complexity index is 1520. The number of anilines is 1. The molecule has 1 aromatic heterocycles. The molecule has 2 aromatic carbocycles. The highest BCUT2D eigenvalue weighted by atomic mass is 32.2. The topological polar surface area (TPSA) is 151 Å². The second kappa shape index (κ2) is 10.2. The highest BCUT2D eigenvalue weighted by molar-refractivity contribution is 7.86. The molecule has 0 bridgehead atoms. The van der Waals surface area contributed by atoms with Gasteiger partial charge in [0, 0.05) is 19.5 Å². The Balaban J connectivity index is 1.34. The predicted molar refractivity (Wildman–Crippen MR) is 139 cm³/mol. The Kier molecular flexibility index (Phi) is 6.93. The molecule has 200 valence electrons. The van der Waals surface area contributed by atoms with Gasteiger partial charge in [-0.25, -0.2) is 4.98 Å². The fraction of sp³-hybridized carbons (Fsp3) is 0.385. The summed E-state index contributed by atoms with van der Waals surface area (Å²) in [6.07, 6.45) is 3.43. The molecular formula is C26H29N5O6S. The van der Waals surface area contributed by atoms with E-state index in [1.807, 2.05) is 19.1 Å². The zero-order chi connectivity index (χ0) is 27.0. The van der Waals surface area contributed by atoms with Crippen LogP contribution in [0.1, 0.15) is 53.1 Å². The highest BCUT2D eigenvalue weighted by Crippen LogP contribution is 2.37. The first-order valence-corrected chi connectivity index (χ1v) is 13.9. The van der Waals surface area contributed by atoms with Crippen LogP contribution in [0.3, 0.4) is 0 Å². The van der Waals surface area contributed by atoms with Crippen LogP contribution < -0.4 is 15.5 Å². The number of carbonyl (C=O) groups excluding carboxylic acids is 3. The maximum Gasteiger partial charge on any atom is 0.296 e. The van der Waals surface area contributed by atoms with Gasteiger partial charge in [-0.1, -0.05) is 17.7 Å². The third-order valence-electron chi connectivity index (χ3n) is 7.28. The smallest absolute Gasteiger partial charge is 0.296 e. The molecule has 11 nitrogen and oxygen atoms in total. The Morgan fingerprint density at radius 3 is 2.61 bits per heavy atom. The zero-order valence-electron chi connectivity index (χ0n) is 21.1. The monoisotopic (exact) mass is 539 g/mol. The maximum absolute atomic E-state index is 13.0. The summed E-state index contributed by atoms with van der Waals surface area (Å²) in [5.74, 6) is -1.24. The van der Waals surface area contributed by atoms with E-state index in [9.17, 15) is 22.8 Å². The number of hydrogen-bond acceptors (Lipinski definition) is 8. The summed E-state index contributed by atoms with van der Waals surface area (Å²) < 4.78 is 29.8. The quantitative estimate of drug-likeness (QED) is 0.318. The number of nitrogens with zero attached hydrogens (tertiary/aromatic N) is 2. The van der Waals surface area contributed by atoms with Crippen LogP contribution in [0, 0.1) is 6.92 Å². The van der Waals surface area contributed by atoms with E-state index < -0.39 is 28.0 Å². The molecule has 0 radical (unpaired) electrons. The van der Waals surface area contributed by atoms with E-state index in [0.717, 1.165) is 29.7 Å². The van der Waals surface area contributed by atoms with Gasteiger partial charge >= 0.3 is 0 Å². The summed E-state index contributed by atoms with van der Waals surface area (Å²) >= 11 is 0. The number of imide groups is 1. The number of benzene rings is 2. The lowest BCUT2D eigenvalue weighted by atomic mass is 9.88. The van der Waals surface area contributed by atoms with E-state index in [1.165, 1.54) is 13.4 Å². The minimum atomic E-state index is -3.82. The molecule has 3 amide bonds. The van der Waals surface area contributed by atoms with Crippen molar-refractivity contribution >= 4 is 44.6 Å². The predicted octanol–water partition coefficient (Wildman–Crippen LogP) is 2.13. The van der Waals surface area contributed by atoms with E-state index >= 15 is 0 Å². The Morgan fingerprint density at radius 2 is 1.89 bits per heavy atom. The number of H-pyrrole nitrogens is 1. The van der Waals surface area contributed by atoms with Crippen LogP contribution >= 0.6 is 0 Å². The van der Waals surface area contributed by atoms with Crippen molar-refractivity contribution in [2.24, 2.45) is 0 Å². The summed E-state index contributed by atoms with van der Waals surface area (Å²) in [6, 6.07) is 8.08. The van der Waals surface area contributed by atoms with Crippen molar-refractivity contribution in [3.05, 3.63) is 53.3 Å². The fourth-order valence-electron chi connectivity index (χ4n) is 5.27. The van der Waals surface area contributed by atoms with E-state index in [4.69, 9.17) is 4.18 Å². The van der Waals surface area contributed by atoms with Crippen LogP contribution in [-0.2, 0) is 23.9 Å². The van der Waals surface area contributed by atoms with Crippen molar-refractivity contribution in [1.82, 2.24) is 20.6 Å². The molecule has 0 saturated carbocycles. The number of nitrogens with one attached hydrogen (secondary N) is 3. The number of hydrogen-bond donors (Lipinski definition) is 3. The molecule has 1 unspecified atom stereocenters. The lowest BCUT2D eigenvalue weighted by Gasteiger charge is -2.34. The van der Waals surface area contributed by atoms with Crippen molar-refractivity contribution in [3.63, 3.8) is 0 Å². The summed E-state index contributed by atoms with van der Waals surface area (Å²) in [5, 5.41) is 4.95. The van der Waals surface area contributed by atoms with Gasteiger partial charge in [0.15, 0.2) is 0 Å². The fourth-order valence-corrected chi connectivity index (χ4v) is 6.20. The van der Waals surface area contributed by atoms with Crippen LogP contribution in [0.25, 0.3) is 11.0 Å². The van der Waals surface area contributed by atoms with Crippen molar-refractivity contribution in [3.8, 4) is 0 Å².